The van der Waals surface area contributed by atoms with Crippen LogP contribution in [0.1, 0.15) is 11.3 Å². The molecule has 0 radical (unpaired) electrons. The standard InChI is InChI=1S/C27H25N7O2/c1-2-25(35)33-23(15-18-7-4-3-5-8-18)27(36)29-13-10-19-16-21-20(11-14-28-26(21)32-19)22-17-31-34-24(22)9-6-12-30-34/h2-9,11-12,14,16-17,23H,1,10,13,15H2,(H,28,32)(H,29,36)(H,33,35). The van der Waals surface area contributed by atoms with Gasteiger partial charge in [0, 0.05) is 48.4 Å². The van der Waals surface area contributed by atoms with Crippen molar-refractivity contribution in [1.29, 1.82) is 0 Å². The molecule has 2 amide bonds. The maximum atomic E-state index is 12.9. The summed E-state index contributed by atoms with van der Waals surface area (Å²) in [5, 5.41) is 15.2. The lowest BCUT2D eigenvalue weighted by molar-refractivity contribution is -0.127. The van der Waals surface area contributed by atoms with Crippen LogP contribution in [-0.4, -0.2) is 49.2 Å². The highest BCUT2D eigenvalue weighted by molar-refractivity contribution is 5.97. The summed E-state index contributed by atoms with van der Waals surface area (Å²) >= 11 is 0. The van der Waals surface area contributed by atoms with E-state index in [2.05, 4.69) is 37.4 Å². The van der Waals surface area contributed by atoms with Gasteiger partial charge in [-0.2, -0.15) is 14.8 Å². The number of aromatic amines is 1. The highest BCUT2D eigenvalue weighted by Gasteiger charge is 2.20. The van der Waals surface area contributed by atoms with Crippen molar-refractivity contribution in [3.8, 4) is 11.1 Å². The maximum absolute atomic E-state index is 12.9. The molecule has 0 fully saturated rings. The monoisotopic (exact) mass is 479 g/mol. The number of nitrogens with zero attached hydrogens (tertiary/aromatic N) is 4. The Balaban J connectivity index is 1.29. The lowest BCUT2D eigenvalue weighted by Crippen LogP contribution is -2.48. The van der Waals surface area contributed by atoms with Crippen molar-refractivity contribution >= 4 is 28.4 Å². The fourth-order valence-electron chi connectivity index (χ4n) is 4.22. The van der Waals surface area contributed by atoms with Gasteiger partial charge in [0.1, 0.15) is 11.7 Å². The molecule has 1 aromatic carbocycles. The predicted octanol–water partition coefficient (Wildman–Crippen LogP) is 2.84. The molecule has 5 rings (SSSR count). The lowest BCUT2D eigenvalue weighted by atomic mass is 10.0. The minimum absolute atomic E-state index is 0.247. The predicted molar refractivity (Wildman–Crippen MR) is 137 cm³/mol. The number of carbonyl (C=O) groups is 2. The molecule has 5 aromatic rings. The topological polar surface area (TPSA) is 117 Å². The Labute approximate surface area is 207 Å². The summed E-state index contributed by atoms with van der Waals surface area (Å²) < 4.78 is 1.60. The summed E-state index contributed by atoms with van der Waals surface area (Å²) in [5.74, 6) is -0.633. The number of aromatic nitrogens is 5. The first-order chi connectivity index (χ1) is 17.6. The van der Waals surface area contributed by atoms with Crippen molar-refractivity contribution in [2.75, 3.05) is 6.54 Å². The highest BCUT2D eigenvalue weighted by atomic mass is 16.2. The number of carbonyl (C=O) groups excluding carboxylic acids is 2. The molecular formula is C27H25N7O2. The van der Waals surface area contributed by atoms with Crippen LogP contribution in [0.25, 0.3) is 27.7 Å². The number of rotatable bonds is 9. The zero-order chi connectivity index (χ0) is 24.9. The molecular weight excluding hydrogens is 454 g/mol. The average molecular weight is 480 g/mol. The quantitative estimate of drug-likeness (QED) is 0.281. The second kappa shape index (κ2) is 10.2. The number of nitrogens with one attached hydrogen (secondary N) is 3. The average Bonchev–Trinajstić information content (AvgIpc) is 3.52. The zero-order valence-corrected chi connectivity index (χ0v) is 19.5. The Morgan fingerprint density at radius 1 is 1.06 bits per heavy atom. The minimum Gasteiger partial charge on any atom is -0.354 e. The van der Waals surface area contributed by atoms with Gasteiger partial charge in [-0.15, -0.1) is 0 Å². The molecule has 0 spiro atoms. The van der Waals surface area contributed by atoms with Crippen LogP contribution in [0.2, 0.25) is 0 Å². The number of fused-ring (bicyclic) bond motifs is 2. The number of hydrogen-bond donors (Lipinski definition) is 3. The summed E-state index contributed by atoms with van der Waals surface area (Å²) in [5.41, 5.74) is 5.54. The Bertz CT molecular complexity index is 1540. The fraction of sp³-hybridized carbons (Fsp3) is 0.148. The first-order valence-electron chi connectivity index (χ1n) is 11.6. The van der Waals surface area contributed by atoms with Gasteiger partial charge in [0.15, 0.2) is 0 Å². The van der Waals surface area contributed by atoms with E-state index in [0.717, 1.165) is 38.9 Å². The maximum Gasteiger partial charge on any atom is 0.244 e. The van der Waals surface area contributed by atoms with Crippen LogP contribution >= 0.6 is 0 Å². The molecule has 4 aromatic heterocycles. The van der Waals surface area contributed by atoms with Crippen LogP contribution in [0.4, 0.5) is 0 Å². The molecule has 9 nitrogen and oxygen atoms in total. The van der Waals surface area contributed by atoms with E-state index in [1.54, 1.807) is 23.2 Å². The van der Waals surface area contributed by atoms with Crippen LogP contribution < -0.4 is 10.6 Å². The third kappa shape index (κ3) is 4.85. The van der Waals surface area contributed by atoms with E-state index < -0.39 is 6.04 Å². The van der Waals surface area contributed by atoms with Gasteiger partial charge in [0.2, 0.25) is 11.8 Å². The molecule has 180 valence electrons. The van der Waals surface area contributed by atoms with Crippen molar-refractivity contribution < 1.29 is 9.59 Å². The Kier molecular flexibility index (Phi) is 6.53. The van der Waals surface area contributed by atoms with E-state index in [4.69, 9.17) is 0 Å². The summed E-state index contributed by atoms with van der Waals surface area (Å²) in [7, 11) is 0. The lowest BCUT2D eigenvalue weighted by Gasteiger charge is -2.17. The van der Waals surface area contributed by atoms with Gasteiger partial charge in [-0.3, -0.25) is 9.59 Å². The van der Waals surface area contributed by atoms with Gasteiger partial charge in [0.05, 0.1) is 11.7 Å². The molecule has 0 bridgehead atoms. The van der Waals surface area contributed by atoms with Crippen LogP contribution in [-0.2, 0) is 22.4 Å². The van der Waals surface area contributed by atoms with E-state index in [-0.39, 0.29) is 11.8 Å². The number of benzene rings is 1. The van der Waals surface area contributed by atoms with Gasteiger partial charge in [-0.25, -0.2) is 4.98 Å². The minimum atomic E-state index is -0.696. The molecule has 1 unspecified atom stereocenters. The van der Waals surface area contributed by atoms with Crippen LogP contribution in [0.3, 0.4) is 0 Å². The molecule has 0 saturated heterocycles. The molecule has 0 aliphatic carbocycles. The molecule has 4 heterocycles. The van der Waals surface area contributed by atoms with Crippen molar-refractivity contribution in [3.05, 3.63) is 97.1 Å². The van der Waals surface area contributed by atoms with Gasteiger partial charge in [0.25, 0.3) is 0 Å². The van der Waals surface area contributed by atoms with Crippen molar-refractivity contribution in [3.63, 3.8) is 0 Å². The summed E-state index contributed by atoms with van der Waals surface area (Å²) in [6.07, 6.45) is 7.39. The third-order valence-corrected chi connectivity index (χ3v) is 5.98. The molecule has 3 N–H and O–H groups in total. The highest BCUT2D eigenvalue weighted by Crippen LogP contribution is 2.30. The molecule has 0 aliphatic rings. The summed E-state index contributed by atoms with van der Waals surface area (Å²) in [4.78, 5) is 32.6. The third-order valence-electron chi connectivity index (χ3n) is 5.98. The normalized spacial score (nSPS) is 11.9. The molecule has 0 saturated carbocycles. The summed E-state index contributed by atoms with van der Waals surface area (Å²) in [6, 6.07) is 16.7. The smallest absolute Gasteiger partial charge is 0.244 e. The van der Waals surface area contributed by atoms with Crippen molar-refractivity contribution in [2.24, 2.45) is 0 Å². The Hall–Kier alpha value is -4.79. The van der Waals surface area contributed by atoms with Gasteiger partial charge < -0.3 is 15.6 Å². The first-order valence-corrected chi connectivity index (χ1v) is 11.6. The SMILES string of the molecule is C=CC(=O)NC(Cc1ccccc1)C(=O)NCCc1cc2c(-c3cnn4ncccc34)ccnc2[nH]1. The van der Waals surface area contributed by atoms with E-state index in [1.807, 2.05) is 54.6 Å². The van der Waals surface area contributed by atoms with E-state index in [9.17, 15) is 9.59 Å². The van der Waals surface area contributed by atoms with Gasteiger partial charge >= 0.3 is 0 Å². The Morgan fingerprint density at radius 2 is 1.92 bits per heavy atom. The van der Waals surface area contributed by atoms with E-state index >= 15 is 0 Å². The second-order valence-corrected chi connectivity index (χ2v) is 8.37. The molecule has 1 atom stereocenters. The second-order valence-electron chi connectivity index (χ2n) is 8.37. The van der Waals surface area contributed by atoms with Crippen LogP contribution in [0.15, 0.2) is 85.8 Å². The molecule has 9 heteroatoms. The number of amides is 2. The molecule has 0 aliphatic heterocycles. The molecule has 36 heavy (non-hydrogen) atoms. The Morgan fingerprint density at radius 3 is 2.75 bits per heavy atom. The largest absolute Gasteiger partial charge is 0.354 e. The van der Waals surface area contributed by atoms with Crippen molar-refractivity contribution in [2.45, 2.75) is 18.9 Å². The zero-order valence-electron chi connectivity index (χ0n) is 19.5. The number of hydrogen-bond acceptors (Lipinski definition) is 5. The van der Waals surface area contributed by atoms with E-state index in [0.29, 0.717) is 19.4 Å². The van der Waals surface area contributed by atoms with E-state index in [1.165, 1.54) is 6.08 Å². The summed E-state index contributed by atoms with van der Waals surface area (Å²) in [6.45, 7) is 3.88. The van der Waals surface area contributed by atoms with Gasteiger partial charge in [-0.1, -0.05) is 36.9 Å². The van der Waals surface area contributed by atoms with Crippen molar-refractivity contribution in [1.82, 2.24) is 35.4 Å². The van der Waals surface area contributed by atoms with Gasteiger partial charge in [-0.05, 0) is 41.5 Å². The number of H-pyrrole nitrogens is 1. The van der Waals surface area contributed by atoms with Crippen LogP contribution in [0.5, 0.6) is 0 Å². The van der Waals surface area contributed by atoms with Crippen LogP contribution in [0, 0.1) is 0 Å². The first kappa shape index (κ1) is 23.0. The number of pyridine rings is 1. The fourth-order valence-corrected chi connectivity index (χ4v) is 4.22.